The number of methoxy groups -OCH3 is 2. The zero-order valence-electron chi connectivity index (χ0n) is 39.0. The molecular weight excluding hydrogens is 891 g/mol. The molecule has 4 saturated heterocycles. The Morgan fingerprint density at radius 2 is 1.54 bits per heavy atom. The Bertz CT molecular complexity index is 2750. The summed E-state index contributed by atoms with van der Waals surface area (Å²) in [5.41, 5.74) is -0.0223. The van der Waals surface area contributed by atoms with E-state index in [0.717, 1.165) is 22.3 Å². The molecule has 3 aliphatic carbocycles. The first kappa shape index (κ1) is 45.5. The van der Waals surface area contributed by atoms with E-state index >= 15 is 4.79 Å². The Balaban J connectivity index is 0.884. The lowest BCUT2D eigenvalue weighted by atomic mass is 9.72. The van der Waals surface area contributed by atoms with E-state index in [4.69, 9.17) is 33.2 Å². The van der Waals surface area contributed by atoms with Crippen LogP contribution in [0.5, 0.6) is 17.2 Å². The molecule has 362 valence electrons. The Kier molecular flexibility index (Phi) is 11.1. The molecule has 0 bridgehead atoms. The smallest absolute Gasteiger partial charge is 0.410 e. The summed E-state index contributed by atoms with van der Waals surface area (Å²) in [5.74, 6) is -3.52. The third kappa shape index (κ3) is 7.15. The maximum Gasteiger partial charge on any atom is 0.410 e. The third-order valence-electron chi connectivity index (χ3n) is 15.3. The molecular formula is C52H55N3O14. The van der Waals surface area contributed by atoms with Crippen LogP contribution >= 0.6 is 0 Å². The van der Waals surface area contributed by atoms with Gasteiger partial charge >= 0.3 is 6.09 Å². The summed E-state index contributed by atoms with van der Waals surface area (Å²) >= 11 is 0. The lowest BCUT2D eigenvalue weighted by Gasteiger charge is -2.49. The number of benzene rings is 4. The van der Waals surface area contributed by atoms with E-state index in [0.29, 0.717) is 13.2 Å². The number of morpholine rings is 1. The van der Waals surface area contributed by atoms with Crippen LogP contribution in [0.3, 0.4) is 0 Å². The van der Waals surface area contributed by atoms with Crippen molar-refractivity contribution in [2.75, 3.05) is 53.6 Å². The molecule has 4 aromatic rings. The fourth-order valence-electron chi connectivity index (χ4n) is 12.1. The van der Waals surface area contributed by atoms with E-state index in [9.17, 15) is 29.7 Å². The SMILES string of the molecule is COc1cccc2c1C(=O)c1c(O)c3c(c(O)c1C2=O)C[C@@](O)(C(=O)N1CCN(C(=O)OCC2c4ccccc4-c4ccccc42)C(C)(C)C1)C[C@@H]3O[C@H]1C[C@H]2[C@H](O[C@@H]3[C@@H](OC)OCCN32)[C@H](C)O1. The summed E-state index contributed by atoms with van der Waals surface area (Å²) in [6.07, 6.45) is -5.56. The van der Waals surface area contributed by atoms with Gasteiger partial charge in [-0.25, -0.2) is 4.79 Å². The monoisotopic (exact) mass is 945 g/mol. The van der Waals surface area contributed by atoms with Crippen LogP contribution < -0.4 is 4.74 Å². The Labute approximate surface area is 398 Å². The topological polar surface area (TPSA) is 203 Å². The van der Waals surface area contributed by atoms with Gasteiger partial charge in [0.15, 0.2) is 24.6 Å². The number of nitrogens with zero attached hydrogens (tertiary/aromatic N) is 3. The van der Waals surface area contributed by atoms with Gasteiger partial charge in [-0.1, -0.05) is 60.7 Å². The van der Waals surface area contributed by atoms with Crippen LogP contribution in [0.15, 0.2) is 66.7 Å². The highest BCUT2D eigenvalue weighted by Gasteiger charge is 2.56. The predicted octanol–water partition coefficient (Wildman–Crippen LogP) is 5.02. The molecule has 17 heteroatoms. The van der Waals surface area contributed by atoms with Crippen molar-refractivity contribution in [3.8, 4) is 28.4 Å². The summed E-state index contributed by atoms with van der Waals surface area (Å²) < 4.78 is 42.4. The molecule has 0 radical (unpaired) electrons. The van der Waals surface area contributed by atoms with E-state index in [1.807, 2.05) is 45.0 Å². The molecule has 3 N–H and O–H groups in total. The predicted molar refractivity (Wildman–Crippen MR) is 244 cm³/mol. The highest BCUT2D eigenvalue weighted by molar-refractivity contribution is 6.31. The molecule has 7 aliphatic rings. The van der Waals surface area contributed by atoms with Crippen LogP contribution in [0.1, 0.15) is 99.7 Å². The molecule has 8 atom stereocenters. The van der Waals surface area contributed by atoms with Gasteiger partial charge in [0, 0.05) is 81.2 Å². The molecule has 69 heavy (non-hydrogen) atoms. The molecule has 4 aromatic carbocycles. The van der Waals surface area contributed by atoms with Gasteiger partial charge in [0.1, 0.15) is 35.6 Å². The fourth-order valence-corrected chi connectivity index (χ4v) is 12.1. The minimum absolute atomic E-state index is 0.0131. The minimum Gasteiger partial charge on any atom is -0.507 e. The first-order valence-electron chi connectivity index (χ1n) is 23.5. The number of rotatable bonds is 7. The van der Waals surface area contributed by atoms with Crippen LogP contribution in [0.25, 0.3) is 11.1 Å². The van der Waals surface area contributed by atoms with Crippen molar-refractivity contribution in [2.45, 2.75) is 100 Å². The summed E-state index contributed by atoms with van der Waals surface area (Å²) in [5, 5.41) is 37.3. The van der Waals surface area contributed by atoms with Crippen LogP contribution in [-0.4, -0.2) is 155 Å². The number of aromatic hydroxyl groups is 2. The van der Waals surface area contributed by atoms with Gasteiger partial charge in [-0.3, -0.25) is 24.2 Å². The number of ether oxygens (including phenoxy) is 7. The molecule has 4 heterocycles. The number of hydrogen-bond acceptors (Lipinski definition) is 15. The molecule has 11 rings (SSSR count). The van der Waals surface area contributed by atoms with E-state index in [1.54, 1.807) is 18.1 Å². The van der Waals surface area contributed by atoms with E-state index in [-0.39, 0.29) is 78.7 Å². The molecule has 0 unspecified atom stereocenters. The van der Waals surface area contributed by atoms with E-state index < -0.39 is 101 Å². The van der Waals surface area contributed by atoms with E-state index in [1.165, 1.54) is 24.1 Å². The van der Waals surface area contributed by atoms with Gasteiger partial charge in [-0.2, -0.15) is 0 Å². The van der Waals surface area contributed by atoms with Crippen molar-refractivity contribution in [2.24, 2.45) is 0 Å². The molecule has 0 saturated carbocycles. The largest absolute Gasteiger partial charge is 0.507 e. The zero-order chi connectivity index (χ0) is 48.3. The van der Waals surface area contributed by atoms with Crippen molar-refractivity contribution in [1.82, 2.24) is 14.7 Å². The Morgan fingerprint density at radius 1 is 0.841 bits per heavy atom. The van der Waals surface area contributed by atoms with Crippen LogP contribution in [-0.2, 0) is 39.6 Å². The third-order valence-corrected chi connectivity index (χ3v) is 15.3. The van der Waals surface area contributed by atoms with Crippen LogP contribution in [0.4, 0.5) is 4.79 Å². The van der Waals surface area contributed by atoms with Gasteiger partial charge in [0.25, 0.3) is 5.91 Å². The number of carbonyl (C=O) groups is 4. The number of piperazine rings is 1. The first-order chi connectivity index (χ1) is 33.1. The minimum atomic E-state index is -2.28. The van der Waals surface area contributed by atoms with Crippen molar-refractivity contribution in [3.63, 3.8) is 0 Å². The maximum absolute atomic E-state index is 15.0. The van der Waals surface area contributed by atoms with Crippen molar-refractivity contribution in [3.05, 3.63) is 111 Å². The van der Waals surface area contributed by atoms with Crippen LogP contribution in [0.2, 0.25) is 0 Å². The number of carbonyl (C=O) groups excluding carboxylic acids is 4. The zero-order valence-corrected chi connectivity index (χ0v) is 39.0. The van der Waals surface area contributed by atoms with Gasteiger partial charge in [-0.05, 0) is 49.1 Å². The normalized spacial score (nSPS) is 29.0. The van der Waals surface area contributed by atoms with Gasteiger partial charge < -0.3 is 53.4 Å². The average molecular weight is 946 g/mol. The number of phenolic OH excluding ortho intramolecular Hbond substituents is 2. The molecule has 0 spiro atoms. The standard InChI is InChI=1S/C52H55N3O14/c1-26-46-34(54-19-20-65-48(64-5)47(54)69-46)21-37(67-26)68-36-23-52(62,22-32-39(36)45(59)41-40(43(32)57)42(56)31-15-10-16-35(63-4)38(31)44(41)58)49(60)53-17-18-55(51(2,3)25-53)50(61)66-24-33-29-13-8-6-11-27(29)28-12-7-9-14-30(28)33/h6-16,26,33-34,36-37,46-48,57,59,62H,17-25H2,1-5H3/t26-,34-,36-,37-,46+,47+,48-,52-/m0/s1. The summed E-state index contributed by atoms with van der Waals surface area (Å²) in [7, 11) is 2.91. The fraction of sp³-hybridized carbons (Fsp3) is 0.462. The highest BCUT2D eigenvalue weighted by Crippen LogP contribution is 2.53. The second kappa shape index (κ2) is 16.9. The number of hydrogen-bond donors (Lipinski definition) is 3. The number of ketones is 2. The average Bonchev–Trinajstić information content (AvgIpc) is 3.88. The van der Waals surface area contributed by atoms with Gasteiger partial charge in [-0.15, -0.1) is 0 Å². The van der Waals surface area contributed by atoms with Crippen molar-refractivity contribution >= 4 is 23.6 Å². The summed E-state index contributed by atoms with van der Waals surface area (Å²) in [6, 6.07) is 20.5. The quantitative estimate of drug-likeness (QED) is 0.183. The molecule has 2 amide bonds. The van der Waals surface area contributed by atoms with Gasteiger partial charge in [0.2, 0.25) is 5.78 Å². The Hall–Kier alpha value is -5.92. The second-order valence-electron chi connectivity index (χ2n) is 19.7. The number of aliphatic hydroxyl groups is 1. The molecule has 4 fully saturated rings. The summed E-state index contributed by atoms with van der Waals surface area (Å²) in [6.45, 7) is 6.71. The number of amides is 2. The maximum atomic E-state index is 15.0. The van der Waals surface area contributed by atoms with Crippen molar-refractivity contribution < 1.29 is 67.7 Å². The summed E-state index contributed by atoms with van der Waals surface area (Å²) in [4.78, 5) is 62.8. The van der Waals surface area contributed by atoms with Crippen LogP contribution in [0, 0.1) is 0 Å². The lowest BCUT2D eigenvalue weighted by molar-refractivity contribution is -0.256. The van der Waals surface area contributed by atoms with E-state index in [2.05, 4.69) is 29.2 Å². The molecule has 17 nitrogen and oxygen atoms in total. The number of fused-ring (bicyclic) bond motifs is 9. The second-order valence-corrected chi connectivity index (χ2v) is 19.7. The Morgan fingerprint density at radius 3 is 2.23 bits per heavy atom. The lowest BCUT2D eigenvalue weighted by Crippen LogP contribution is -2.65. The van der Waals surface area contributed by atoms with Crippen molar-refractivity contribution in [1.29, 1.82) is 0 Å². The highest BCUT2D eigenvalue weighted by atomic mass is 16.7. The van der Waals surface area contributed by atoms with Gasteiger partial charge in [0.05, 0.1) is 48.2 Å². The molecule has 0 aromatic heterocycles. The molecule has 4 aliphatic heterocycles. The first-order valence-corrected chi connectivity index (χ1v) is 23.5. The number of phenols is 2.